The Morgan fingerprint density at radius 3 is 2.52 bits per heavy atom. The summed E-state index contributed by atoms with van der Waals surface area (Å²) in [6.07, 6.45) is 2.23. The van der Waals surface area contributed by atoms with Gasteiger partial charge in [-0.15, -0.1) is 0 Å². The van der Waals surface area contributed by atoms with Crippen molar-refractivity contribution in [2.24, 2.45) is 7.05 Å². The zero-order chi connectivity index (χ0) is 22.6. The number of β-amino-alcohol motifs (C(OH)–C–C–N with tert-alkyl or cyclic N) is 1. The Kier molecular flexibility index (Phi) is 4.65. The van der Waals surface area contributed by atoms with Gasteiger partial charge in [0.25, 0.3) is 0 Å². The van der Waals surface area contributed by atoms with Crippen LogP contribution in [-0.2, 0) is 31.8 Å². The molecular formula is C29H30N2O2. The molecule has 1 fully saturated rings. The smallest absolute Gasteiger partial charge is 0.115 e. The predicted molar refractivity (Wildman–Crippen MR) is 131 cm³/mol. The zero-order valence-electron chi connectivity index (χ0n) is 19.0. The minimum absolute atomic E-state index is 0.263. The van der Waals surface area contributed by atoms with Gasteiger partial charge in [0, 0.05) is 55.0 Å². The second kappa shape index (κ2) is 7.47. The number of fused-ring (bicyclic) bond motifs is 4. The number of piperidine rings is 1. The predicted octanol–water partition coefficient (Wildman–Crippen LogP) is 4.56. The van der Waals surface area contributed by atoms with Crippen LogP contribution in [0.2, 0.25) is 0 Å². The summed E-state index contributed by atoms with van der Waals surface area (Å²) in [7, 11) is 2.15. The summed E-state index contributed by atoms with van der Waals surface area (Å²) in [5.41, 5.74) is 4.75. The molecule has 2 unspecified atom stereocenters. The molecule has 4 nitrogen and oxygen atoms in total. The number of benzene rings is 3. The second-order valence-corrected chi connectivity index (χ2v) is 9.97. The Morgan fingerprint density at radius 2 is 1.70 bits per heavy atom. The normalized spacial score (nSPS) is 25.0. The van der Waals surface area contributed by atoms with Crippen molar-refractivity contribution >= 4 is 10.9 Å². The van der Waals surface area contributed by atoms with Gasteiger partial charge in [0.1, 0.15) is 5.75 Å². The van der Waals surface area contributed by atoms with Crippen molar-refractivity contribution in [2.45, 2.75) is 36.8 Å². The molecule has 4 heteroatoms. The van der Waals surface area contributed by atoms with Crippen molar-refractivity contribution in [2.75, 3.05) is 13.1 Å². The molecule has 2 atom stereocenters. The third-order valence-electron chi connectivity index (χ3n) is 8.16. The van der Waals surface area contributed by atoms with E-state index < -0.39 is 11.0 Å². The molecule has 1 saturated heterocycles. The number of hydrogen-bond donors (Lipinski definition) is 2. The lowest BCUT2D eigenvalue weighted by atomic mass is 9.56. The van der Waals surface area contributed by atoms with Gasteiger partial charge in [-0.1, -0.05) is 60.7 Å². The highest BCUT2D eigenvalue weighted by molar-refractivity contribution is 5.86. The number of aliphatic hydroxyl groups is 1. The number of rotatable bonds is 3. The first-order valence-corrected chi connectivity index (χ1v) is 11.8. The van der Waals surface area contributed by atoms with Crippen LogP contribution in [0.1, 0.15) is 28.8 Å². The van der Waals surface area contributed by atoms with Crippen LogP contribution in [0.5, 0.6) is 5.75 Å². The lowest BCUT2D eigenvalue weighted by molar-refractivity contribution is -0.105. The lowest BCUT2D eigenvalue weighted by Crippen LogP contribution is -2.66. The molecule has 168 valence electrons. The summed E-state index contributed by atoms with van der Waals surface area (Å²) in [5, 5.41) is 24.1. The first-order chi connectivity index (χ1) is 16.0. The quantitative estimate of drug-likeness (QED) is 0.493. The Labute approximate surface area is 194 Å². The first kappa shape index (κ1) is 20.5. The second-order valence-electron chi connectivity index (χ2n) is 9.97. The molecule has 1 aliphatic heterocycles. The van der Waals surface area contributed by atoms with Crippen LogP contribution < -0.4 is 0 Å². The fourth-order valence-corrected chi connectivity index (χ4v) is 6.48. The highest BCUT2D eigenvalue weighted by atomic mass is 16.3. The third kappa shape index (κ3) is 3.12. The van der Waals surface area contributed by atoms with Gasteiger partial charge in [-0.2, -0.15) is 0 Å². The zero-order valence-corrected chi connectivity index (χ0v) is 19.0. The number of phenolic OH excluding ortho intramolecular Hbond substituents is 1. The maximum atomic E-state index is 12.5. The van der Waals surface area contributed by atoms with Gasteiger partial charge in [0.15, 0.2) is 0 Å². The van der Waals surface area contributed by atoms with E-state index in [-0.39, 0.29) is 5.75 Å². The van der Waals surface area contributed by atoms with E-state index in [1.807, 2.05) is 18.2 Å². The summed E-state index contributed by atoms with van der Waals surface area (Å²) in [6.45, 7) is 2.36. The Morgan fingerprint density at radius 1 is 0.909 bits per heavy atom. The first-order valence-electron chi connectivity index (χ1n) is 11.8. The highest BCUT2D eigenvalue weighted by Gasteiger charge is 2.57. The van der Waals surface area contributed by atoms with Gasteiger partial charge in [-0.3, -0.25) is 4.90 Å². The van der Waals surface area contributed by atoms with Gasteiger partial charge in [-0.05, 0) is 47.9 Å². The summed E-state index contributed by atoms with van der Waals surface area (Å²) in [6, 6.07) is 26.6. The average molecular weight is 439 g/mol. The summed E-state index contributed by atoms with van der Waals surface area (Å²) in [5.74, 6) is 0.263. The van der Waals surface area contributed by atoms with Crippen LogP contribution in [0.15, 0.2) is 78.9 Å². The highest BCUT2D eigenvalue weighted by Crippen LogP contribution is 2.52. The number of phenols is 1. The van der Waals surface area contributed by atoms with E-state index in [4.69, 9.17) is 0 Å². The van der Waals surface area contributed by atoms with Crippen LogP contribution in [0.4, 0.5) is 0 Å². The van der Waals surface area contributed by atoms with E-state index >= 15 is 0 Å². The van der Waals surface area contributed by atoms with Crippen LogP contribution in [0, 0.1) is 0 Å². The third-order valence-corrected chi connectivity index (χ3v) is 8.16. The Hall–Kier alpha value is -3.08. The lowest BCUT2D eigenvalue weighted by Gasteiger charge is -2.56. The van der Waals surface area contributed by atoms with Crippen molar-refractivity contribution < 1.29 is 10.2 Å². The number of likely N-dealkylation sites (tertiary alicyclic amines) is 1. The minimum Gasteiger partial charge on any atom is -0.508 e. The number of hydrogen-bond acceptors (Lipinski definition) is 3. The fraction of sp³-hybridized carbons (Fsp3) is 0.310. The SMILES string of the molecule is Cn1c2c(c3ccccc31)CC1(O)CN(Cc3ccccc3)CCC1(c1cccc(O)c1)C2. The van der Waals surface area contributed by atoms with Crippen LogP contribution in [-0.4, -0.2) is 38.4 Å². The van der Waals surface area contributed by atoms with Gasteiger partial charge in [-0.25, -0.2) is 0 Å². The molecule has 2 aliphatic rings. The molecule has 0 saturated carbocycles. The Bertz CT molecular complexity index is 1330. The van der Waals surface area contributed by atoms with Crippen molar-refractivity contribution in [3.8, 4) is 5.75 Å². The Balaban J connectivity index is 1.48. The summed E-state index contributed by atoms with van der Waals surface area (Å²) in [4.78, 5) is 2.40. The van der Waals surface area contributed by atoms with E-state index in [2.05, 4.69) is 71.1 Å². The van der Waals surface area contributed by atoms with E-state index in [9.17, 15) is 10.2 Å². The van der Waals surface area contributed by atoms with E-state index in [1.54, 1.807) is 6.07 Å². The molecule has 0 radical (unpaired) electrons. The number of aryl methyl sites for hydroxylation is 1. The van der Waals surface area contributed by atoms with Crippen LogP contribution >= 0.6 is 0 Å². The molecular weight excluding hydrogens is 408 g/mol. The summed E-state index contributed by atoms with van der Waals surface area (Å²) < 4.78 is 2.31. The fourth-order valence-electron chi connectivity index (χ4n) is 6.48. The molecule has 4 aromatic rings. The van der Waals surface area contributed by atoms with Crippen molar-refractivity contribution in [3.05, 3.63) is 101 Å². The molecule has 33 heavy (non-hydrogen) atoms. The molecule has 3 aromatic carbocycles. The molecule has 6 rings (SSSR count). The van der Waals surface area contributed by atoms with E-state index in [0.717, 1.165) is 31.5 Å². The number of para-hydroxylation sites is 1. The van der Waals surface area contributed by atoms with E-state index in [0.29, 0.717) is 13.0 Å². The summed E-state index contributed by atoms with van der Waals surface area (Å²) >= 11 is 0. The maximum absolute atomic E-state index is 12.5. The van der Waals surface area contributed by atoms with Crippen molar-refractivity contribution in [1.29, 1.82) is 0 Å². The molecule has 0 spiro atoms. The van der Waals surface area contributed by atoms with Crippen LogP contribution in [0.3, 0.4) is 0 Å². The van der Waals surface area contributed by atoms with Gasteiger partial charge < -0.3 is 14.8 Å². The standard InChI is InChI=1S/C29H30N2O2/c1-30-26-13-6-5-12-24(26)25-17-29(33)20-31(19-21-8-3-2-4-9-21)15-14-28(29,18-27(25)30)22-10-7-11-23(32)16-22/h2-13,16,32-33H,14-15,17-20H2,1H3. The molecule has 0 bridgehead atoms. The number of aromatic hydroxyl groups is 1. The van der Waals surface area contributed by atoms with Gasteiger partial charge >= 0.3 is 0 Å². The average Bonchev–Trinajstić information content (AvgIpc) is 3.08. The molecule has 0 amide bonds. The number of nitrogens with zero attached hydrogens (tertiary/aromatic N) is 2. The van der Waals surface area contributed by atoms with Gasteiger partial charge in [0.2, 0.25) is 0 Å². The van der Waals surface area contributed by atoms with Gasteiger partial charge in [0.05, 0.1) is 5.60 Å². The largest absolute Gasteiger partial charge is 0.508 e. The molecule has 1 aliphatic carbocycles. The topological polar surface area (TPSA) is 48.6 Å². The molecule has 1 aromatic heterocycles. The molecule has 2 heterocycles. The monoisotopic (exact) mass is 438 g/mol. The van der Waals surface area contributed by atoms with Crippen molar-refractivity contribution in [1.82, 2.24) is 9.47 Å². The van der Waals surface area contributed by atoms with Crippen molar-refractivity contribution in [3.63, 3.8) is 0 Å². The minimum atomic E-state index is -0.926. The molecule has 2 N–H and O–H groups in total. The number of aromatic nitrogens is 1. The van der Waals surface area contributed by atoms with Crippen LogP contribution in [0.25, 0.3) is 10.9 Å². The van der Waals surface area contributed by atoms with E-state index in [1.165, 1.54) is 27.7 Å². The maximum Gasteiger partial charge on any atom is 0.115 e.